The van der Waals surface area contributed by atoms with Crippen molar-refractivity contribution in [2.45, 2.75) is 58.3 Å². The number of hydrogen-bond donors (Lipinski definition) is 1. The van der Waals surface area contributed by atoms with Gasteiger partial charge in [-0.2, -0.15) is 4.37 Å². The highest BCUT2D eigenvalue weighted by molar-refractivity contribution is 7.09. The standard InChI is InChI=1S/C13H24ClN3S/c1-6-9(7-2)10(14)8-15-12-16-11(17-18-12)13(3,4)5/h9-10H,6-8H2,1-5H3,(H,15,16,17). The molecule has 0 aliphatic carbocycles. The molecule has 1 N–H and O–H groups in total. The molecule has 1 rings (SSSR count). The Hall–Kier alpha value is -0.350. The zero-order chi connectivity index (χ0) is 13.8. The predicted molar refractivity (Wildman–Crippen MR) is 80.8 cm³/mol. The molecule has 0 radical (unpaired) electrons. The fraction of sp³-hybridized carbons (Fsp3) is 0.846. The highest BCUT2D eigenvalue weighted by Gasteiger charge is 2.20. The zero-order valence-electron chi connectivity index (χ0n) is 12.0. The van der Waals surface area contributed by atoms with Crippen molar-refractivity contribution in [1.29, 1.82) is 0 Å². The molecule has 18 heavy (non-hydrogen) atoms. The lowest BCUT2D eigenvalue weighted by Crippen LogP contribution is -2.22. The maximum Gasteiger partial charge on any atom is 0.202 e. The summed E-state index contributed by atoms with van der Waals surface area (Å²) in [5, 5.41) is 4.33. The summed E-state index contributed by atoms with van der Waals surface area (Å²) in [6, 6.07) is 0. The van der Waals surface area contributed by atoms with Crippen LogP contribution in [0, 0.1) is 5.92 Å². The van der Waals surface area contributed by atoms with Gasteiger partial charge in [-0.25, -0.2) is 4.98 Å². The molecule has 1 heterocycles. The molecule has 0 bridgehead atoms. The number of anilines is 1. The quantitative estimate of drug-likeness (QED) is 0.794. The molecule has 0 amide bonds. The summed E-state index contributed by atoms with van der Waals surface area (Å²) < 4.78 is 4.38. The minimum Gasteiger partial charge on any atom is -0.359 e. The van der Waals surface area contributed by atoms with E-state index >= 15 is 0 Å². The summed E-state index contributed by atoms with van der Waals surface area (Å²) >= 11 is 7.80. The maximum atomic E-state index is 6.39. The van der Waals surface area contributed by atoms with Crippen molar-refractivity contribution in [3.8, 4) is 0 Å². The maximum absolute atomic E-state index is 6.39. The van der Waals surface area contributed by atoms with Crippen LogP contribution in [0.25, 0.3) is 0 Å². The van der Waals surface area contributed by atoms with Crippen molar-refractivity contribution < 1.29 is 0 Å². The highest BCUT2D eigenvalue weighted by Crippen LogP contribution is 2.24. The Kier molecular flexibility index (Phi) is 5.86. The SMILES string of the molecule is CCC(CC)C(Cl)CNc1nc(C(C)(C)C)ns1. The summed E-state index contributed by atoms with van der Waals surface area (Å²) in [6.45, 7) is 11.5. The van der Waals surface area contributed by atoms with Crippen molar-refractivity contribution in [1.82, 2.24) is 9.36 Å². The third-order valence-corrected chi connectivity index (χ3v) is 4.29. The first-order valence-electron chi connectivity index (χ1n) is 6.60. The van der Waals surface area contributed by atoms with Gasteiger partial charge in [0.15, 0.2) is 0 Å². The van der Waals surface area contributed by atoms with Crippen molar-refractivity contribution >= 4 is 28.3 Å². The van der Waals surface area contributed by atoms with E-state index in [0.717, 1.165) is 30.3 Å². The first-order chi connectivity index (χ1) is 8.38. The molecule has 104 valence electrons. The molecule has 0 saturated carbocycles. The van der Waals surface area contributed by atoms with Crippen molar-refractivity contribution in [3.63, 3.8) is 0 Å². The van der Waals surface area contributed by atoms with Crippen LogP contribution in [0.2, 0.25) is 0 Å². The summed E-state index contributed by atoms with van der Waals surface area (Å²) in [5.74, 6) is 1.46. The van der Waals surface area contributed by atoms with Gasteiger partial charge in [-0.3, -0.25) is 0 Å². The average Bonchev–Trinajstić information content (AvgIpc) is 2.76. The third kappa shape index (κ3) is 4.39. The Morgan fingerprint density at radius 2 is 1.89 bits per heavy atom. The molecule has 1 atom stereocenters. The van der Waals surface area contributed by atoms with E-state index in [2.05, 4.69) is 49.3 Å². The second kappa shape index (κ2) is 6.71. The number of hydrogen-bond acceptors (Lipinski definition) is 4. The molecular weight excluding hydrogens is 266 g/mol. The van der Waals surface area contributed by atoms with Gasteiger partial charge in [0.05, 0.1) is 5.38 Å². The van der Waals surface area contributed by atoms with Crippen LogP contribution >= 0.6 is 23.1 Å². The van der Waals surface area contributed by atoms with E-state index in [-0.39, 0.29) is 10.8 Å². The van der Waals surface area contributed by atoms with Crippen LogP contribution in [0.5, 0.6) is 0 Å². The van der Waals surface area contributed by atoms with Gasteiger partial charge in [0.25, 0.3) is 0 Å². The van der Waals surface area contributed by atoms with Crippen LogP contribution in [0.4, 0.5) is 5.13 Å². The number of halogens is 1. The Morgan fingerprint density at radius 1 is 1.28 bits per heavy atom. The van der Waals surface area contributed by atoms with Gasteiger partial charge in [0, 0.05) is 23.5 Å². The molecule has 0 saturated heterocycles. The Bertz CT molecular complexity index is 355. The van der Waals surface area contributed by atoms with Crippen LogP contribution < -0.4 is 5.32 Å². The lowest BCUT2D eigenvalue weighted by Gasteiger charge is -2.19. The van der Waals surface area contributed by atoms with Crippen LogP contribution in [0.15, 0.2) is 0 Å². The molecule has 0 fully saturated rings. The molecule has 1 aromatic heterocycles. The molecule has 0 aromatic carbocycles. The zero-order valence-corrected chi connectivity index (χ0v) is 13.5. The topological polar surface area (TPSA) is 37.8 Å². The van der Waals surface area contributed by atoms with Crippen LogP contribution in [-0.4, -0.2) is 21.3 Å². The fourth-order valence-electron chi connectivity index (χ4n) is 1.75. The van der Waals surface area contributed by atoms with Gasteiger partial charge in [-0.1, -0.05) is 47.5 Å². The molecule has 0 aliphatic heterocycles. The van der Waals surface area contributed by atoms with Gasteiger partial charge in [-0.05, 0) is 5.92 Å². The molecule has 1 aromatic rings. The normalized spacial score (nSPS) is 13.9. The van der Waals surface area contributed by atoms with E-state index < -0.39 is 0 Å². The van der Waals surface area contributed by atoms with Crippen LogP contribution in [-0.2, 0) is 5.41 Å². The lowest BCUT2D eigenvalue weighted by molar-refractivity contribution is 0.475. The summed E-state index contributed by atoms with van der Waals surface area (Å²) in [7, 11) is 0. The smallest absolute Gasteiger partial charge is 0.202 e. The Morgan fingerprint density at radius 3 is 2.33 bits per heavy atom. The second-order valence-electron chi connectivity index (χ2n) is 5.65. The number of aromatic nitrogens is 2. The first kappa shape index (κ1) is 15.7. The number of alkyl halides is 1. The van der Waals surface area contributed by atoms with E-state index in [1.807, 2.05) is 0 Å². The molecule has 3 nitrogen and oxygen atoms in total. The van der Waals surface area contributed by atoms with Gasteiger partial charge in [0.1, 0.15) is 5.82 Å². The van der Waals surface area contributed by atoms with E-state index in [9.17, 15) is 0 Å². The predicted octanol–water partition coefficient (Wildman–Crippen LogP) is 4.29. The minimum atomic E-state index is 0.00612. The molecular formula is C13H24ClN3S. The monoisotopic (exact) mass is 289 g/mol. The fourth-order valence-corrected chi connectivity index (χ4v) is 2.95. The van der Waals surface area contributed by atoms with Gasteiger partial charge in [-0.15, -0.1) is 11.6 Å². The highest BCUT2D eigenvalue weighted by atomic mass is 35.5. The molecule has 0 aliphatic rings. The van der Waals surface area contributed by atoms with Gasteiger partial charge in [0.2, 0.25) is 5.13 Å². The number of nitrogens with zero attached hydrogens (tertiary/aromatic N) is 2. The van der Waals surface area contributed by atoms with Crippen LogP contribution in [0.1, 0.15) is 53.3 Å². The van der Waals surface area contributed by atoms with Crippen molar-refractivity contribution in [3.05, 3.63) is 5.82 Å². The summed E-state index contributed by atoms with van der Waals surface area (Å²) in [5.41, 5.74) is 0.00612. The van der Waals surface area contributed by atoms with Crippen molar-refractivity contribution in [2.75, 3.05) is 11.9 Å². The number of rotatable bonds is 6. The second-order valence-corrected chi connectivity index (χ2v) is 6.96. The molecule has 0 spiro atoms. The van der Waals surface area contributed by atoms with Crippen LogP contribution in [0.3, 0.4) is 0 Å². The van der Waals surface area contributed by atoms with E-state index in [0.29, 0.717) is 5.92 Å². The average molecular weight is 290 g/mol. The van der Waals surface area contributed by atoms with Gasteiger partial charge < -0.3 is 5.32 Å². The van der Waals surface area contributed by atoms with E-state index in [1.54, 1.807) is 0 Å². The third-order valence-electron chi connectivity index (χ3n) is 3.11. The van der Waals surface area contributed by atoms with Crippen molar-refractivity contribution in [2.24, 2.45) is 5.92 Å². The van der Waals surface area contributed by atoms with Gasteiger partial charge >= 0.3 is 0 Å². The van der Waals surface area contributed by atoms with E-state index in [4.69, 9.17) is 11.6 Å². The molecule has 5 heteroatoms. The van der Waals surface area contributed by atoms with E-state index in [1.165, 1.54) is 11.5 Å². The minimum absolute atomic E-state index is 0.00612. The Labute approximate surface area is 120 Å². The lowest BCUT2D eigenvalue weighted by atomic mass is 9.96. The first-order valence-corrected chi connectivity index (χ1v) is 7.81. The Balaban J connectivity index is 2.51. The largest absolute Gasteiger partial charge is 0.359 e. The number of nitrogens with one attached hydrogen (secondary N) is 1. The molecule has 1 unspecified atom stereocenters. The summed E-state index contributed by atoms with van der Waals surface area (Å²) in [4.78, 5) is 4.50. The summed E-state index contributed by atoms with van der Waals surface area (Å²) in [6.07, 6.45) is 2.24.